The van der Waals surface area contributed by atoms with Crippen molar-refractivity contribution in [1.82, 2.24) is 10.2 Å². The molecule has 0 N–H and O–H groups in total. The maximum Gasteiger partial charge on any atom is 0.229 e. The third-order valence-corrected chi connectivity index (χ3v) is 4.42. The van der Waals surface area contributed by atoms with Crippen LogP contribution in [0.1, 0.15) is 18.4 Å². The zero-order valence-corrected chi connectivity index (χ0v) is 10.8. The number of nitrogens with zero attached hydrogens (tertiary/aromatic N) is 3. The van der Waals surface area contributed by atoms with Crippen LogP contribution in [0.2, 0.25) is 0 Å². The van der Waals surface area contributed by atoms with Crippen molar-refractivity contribution < 1.29 is 4.79 Å². The minimum atomic E-state index is 0.165. The topological polar surface area (TPSA) is 46.1 Å². The van der Waals surface area contributed by atoms with E-state index in [1.807, 2.05) is 6.92 Å². The lowest BCUT2D eigenvalue weighted by Gasteiger charge is -2.10. The van der Waals surface area contributed by atoms with E-state index in [0.29, 0.717) is 12.3 Å². The molecule has 1 aliphatic heterocycles. The molecule has 2 rings (SSSR count). The van der Waals surface area contributed by atoms with Crippen LogP contribution in [0.15, 0.2) is 0 Å². The molecule has 1 aromatic rings. The van der Waals surface area contributed by atoms with E-state index in [9.17, 15) is 4.79 Å². The van der Waals surface area contributed by atoms with Gasteiger partial charge in [0.25, 0.3) is 0 Å². The van der Waals surface area contributed by atoms with Crippen LogP contribution in [-0.2, 0) is 11.2 Å². The Hall–Kier alpha value is -0.490. The van der Waals surface area contributed by atoms with E-state index in [4.69, 9.17) is 0 Å². The summed E-state index contributed by atoms with van der Waals surface area (Å²) in [6.45, 7) is 2.81. The van der Waals surface area contributed by atoms with Gasteiger partial charge >= 0.3 is 0 Å². The summed E-state index contributed by atoms with van der Waals surface area (Å²) in [7, 11) is 0. The van der Waals surface area contributed by atoms with Gasteiger partial charge < -0.3 is 0 Å². The SMILES string of the molecule is CCc1nnc(N2CC(CBr)CC2=O)s1. The van der Waals surface area contributed by atoms with Crippen molar-refractivity contribution in [3.63, 3.8) is 0 Å². The van der Waals surface area contributed by atoms with E-state index < -0.39 is 0 Å². The number of rotatable bonds is 3. The first-order valence-electron chi connectivity index (χ1n) is 4.93. The van der Waals surface area contributed by atoms with Crippen molar-refractivity contribution in [3.05, 3.63) is 5.01 Å². The first-order chi connectivity index (χ1) is 7.24. The van der Waals surface area contributed by atoms with Crippen molar-refractivity contribution >= 4 is 38.3 Å². The van der Waals surface area contributed by atoms with E-state index in [0.717, 1.165) is 28.4 Å². The number of alkyl halides is 1. The molecule has 0 aromatic carbocycles. The Balaban J connectivity index is 2.14. The molecular formula is C9H12BrN3OS. The molecule has 4 nitrogen and oxygen atoms in total. The first kappa shape index (κ1) is 11.0. The maximum absolute atomic E-state index is 11.7. The molecule has 1 fully saturated rings. The smallest absolute Gasteiger partial charge is 0.229 e. The van der Waals surface area contributed by atoms with E-state index in [1.165, 1.54) is 11.3 Å². The summed E-state index contributed by atoms with van der Waals surface area (Å²) in [5.74, 6) is 0.574. The van der Waals surface area contributed by atoms with E-state index >= 15 is 0 Å². The Morgan fingerprint density at radius 2 is 2.40 bits per heavy atom. The monoisotopic (exact) mass is 289 g/mol. The molecule has 0 saturated carbocycles. The van der Waals surface area contributed by atoms with Crippen LogP contribution in [0.25, 0.3) is 0 Å². The molecule has 1 amide bonds. The first-order valence-corrected chi connectivity index (χ1v) is 6.87. The summed E-state index contributed by atoms with van der Waals surface area (Å²) in [5, 5.41) is 10.7. The lowest BCUT2D eigenvalue weighted by molar-refractivity contribution is -0.117. The third-order valence-electron chi connectivity index (χ3n) is 2.41. The van der Waals surface area contributed by atoms with Crippen LogP contribution in [0.4, 0.5) is 5.13 Å². The van der Waals surface area contributed by atoms with Crippen molar-refractivity contribution in [3.8, 4) is 0 Å². The molecule has 6 heteroatoms. The Labute approximate surface area is 101 Å². The van der Waals surface area contributed by atoms with E-state index in [2.05, 4.69) is 26.1 Å². The number of halogens is 1. The highest BCUT2D eigenvalue weighted by Gasteiger charge is 2.31. The fourth-order valence-corrected chi connectivity index (χ4v) is 2.81. The minimum absolute atomic E-state index is 0.165. The summed E-state index contributed by atoms with van der Waals surface area (Å²) in [6.07, 6.45) is 1.49. The number of aryl methyl sites for hydroxylation is 1. The fourth-order valence-electron chi connectivity index (χ4n) is 1.57. The lowest BCUT2D eigenvalue weighted by atomic mass is 10.2. The van der Waals surface area contributed by atoms with Crippen LogP contribution in [-0.4, -0.2) is 28.0 Å². The average molecular weight is 290 g/mol. The molecule has 1 atom stereocenters. The highest BCUT2D eigenvalue weighted by atomic mass is 79.9. The molecule has 1 aromatic heterocycles. The van der Waals surface area contributed by atoms with Crippen molar-refractivity contribution in [2.75, 3.05) is 16.8 Å². The van der Waals surface area contributed by atoms with Crippen LogP contribution >= 0.6 is 27.3 Å². The fraction of sp³-hybridized carbons (Fsp3) is 0.667. The number of hydrogen-bond acceptors (Lipinski definition) is 4. The molecule has 1 unspecified atom stereocenters. The van der Waals surface area contributed by atoms with Gasteiger partial charge in [-0.15, -0.1) is 10.2 Å². The predicted octanol–water partition coefficient (Wildman–Crippen LogP) is 1.85. The number of aromatic nitrogens is 2. The standard InChI is InChI=1S/C9H12BrN3OS/c1-2-7-11-12-9(15-7)13-5-6(4-10)3-8(13)14/h6H,2-5H2,1H3. The maximum atomic E-state index is 11.7. The highest BCUT2D eigenvalue weighted by molar-refractivity contribution is 9.09. The van der Waals surface area contributed by atoms with Gasteiger partial charge in [-0.1, -0.05) is 34.2 Å². The molecule has 1 aliphatic rings. The van der Waals surface area contributed by atoms with Crippen LogP contribution in [0.5, 0.6) is 0 Å². The van der Waals surface area contributed by atoms with Crippen molar-refractivity contribution in [2.24, 2.45) is 5.92 Å². The second-order valence-corrected chi connectivity index (χ2v) is 5.25. The molecule has 0 aliphatic carbocycles. The van der Waals surface area contributed by atoms with Gasteiger partial charge in [0.2, 0.25) is 11.0 Å². The molecule has 0 bridgehead atoms. The number of anilines is 1. The quantitative estimate of drug-likeness (QED) is 0.798. The Morgan fingerprint density at radius 1 is 1.60 bits per heavy atom. The third kappa shape index (κ3) is 2.20. The van der Waals surface area contributed by atoms with Crippen LogP contribution in [0.3, 0.4) is 0 Å². The van der Waals surface area contributed by atoms with Crippen molar-refractivity contribution in [2.45, 2.75) is 19.8 Å². The average Bonchev–Trinajstić information content (AvgIpc) is 2.83. The Morgan fingerprint density at radius 3 is 2.93 bits per heavy atom. The zero-order valence-electron chi connectivity index (χ0n) is 8.44. The Kier molecular flexibility index (Phi) is 3.35. The minimum Gasteiger partial charge on any atom is -0.286 e. The lowest BCUT2D eigenvalue weighted by Crippen LogP contribution is -2.24. The van der Waals surface area contributed by atoms with Gasteiger partial charge in [-0.2, -0.15) is 0 Å². The summed E-state index contributed by atoms with van der Waals surface area (Å²) >= 11 is 4.93. The molecule has 0 radical (unpaired) electrons. The zero-order chi connectivity index (χ0) is 10.8. The summed E-state index contributed by atoms with van der Waals surface area (Å²) in [4.78, 5) is 13.4. The summed E-state index contributed by atoms with van der Waals surface area (Å²) in [5.41, 5.74) is 0. The molecule has 82 valence electrons. The summed E-state index contributed by atoms with van der Waals surface area (Å²) < 4.78 is 0. The van der Waals surface area contributed by atoms with E-state index in [-0.39, 0.29) is 5.91 Å². The number of hydrogen-bond donors (Lipinski definition) is 0. The molecule has 0 spiro atoms. The number of carbonyl (C=O) groups excluding carboxylic acids is 1. The van der Waals surface area contributed by atoms with Crippen molar-refractivity contribution in [1.29, 1.82) is 0 Å². The van der Waals surface area contributed by atoms with Gasteiger partial charge in [0.05, 0.1) is 0 Å². The number of amides is 1. The molecular weight excluding hydrogens is 278 g/mol. The van der Waals surface area contributed by atoms with E-state index in [1.54, 1.807) is 4.90 Å². The largest absolute Gasteiger partial charge is 0.286 e. The van der Waals surface area contributed by atoms with Gasteiger partial charge in [-0.25, -0.2) is 0 Å². The van der Waals surface area contributed by atoms with Gasteiger partial charge in [0.15, 0.2) is 0 Å². The van der Waals surface area contributed by atoms with Gasteiger partial charge in [0, 0.05) is 18.3 Å². The van der Waals surface area contributed by atoms with Gasteiger partial charge in [-0.05, 0) is 12.3 Å². The second kappa shape index (κ2) is 4.57. The summed E-state index contributed by atoms with van der Waals surface area (Å²) in [6, 6.07) is 0. The molecule has 15 heavy (non-hydrogen) atoms. The van der Waals surface area contributed by atoms with Gasteiger partial charge in [0.1, 0.15) is 5.01 Å². The molecule has 2 heterocycles. The highest BCUT2D eigenvalue weighted by Crippen LogP contribution is 2.28. The normalized spacial score (nSPS) is 21.3. The van der Waals surface area contributed by atoms with Crippen LogP contribution in [0, 0.1) is 5.92 Å². The van der Waals surface area contributed by atoms with Crippen LogP contribution < -0.4 is 4.90 Å². The second-order valence-electron chi connectivity index (χ2n) is 3.56. The molecule has 1 saturated heterocycles. The van der Waals surface area contributed by atoms with Gasteiger partial charge in [-0.3, -0.25) is 9.69 Å². The number of carbonyl (C=O) groups is 1. The predicted molar refractivity (Wildman–Crippen MR) is 63.5 cm³/mol. The Bertz CT molecular complexity index is 368.